The number of carbonyl (C=O) groups is 2. The van der Waals surface area contributed by atoms with Gasteiger partial charge in [-0.2, -0.15) is 0 Å². The fourth-order valence-electron chi connectivity index (χ4n) is 3.68. The molecule has 2 bridgehead atoms. The number of nitrogens with zero attached hydrogens (tertiary/aromatic N) is 1. The zero-order chi connectivity index (χ0) is 14.8. The molecule has 21 heavy (non-hydrogen) atoms. The third-order valence-electron chi connectivity index (χ3n) is 4.89. The van der Waals surface area contributed by atoms with Gasteiger partial charge in [0.05, 0.1) is 0 Å². The van der Waals surface area contributed by atoms with Crippen LogP contribution in [0, 0.1) is 0 Å². The summed E-state index contributed by atoms with van der Waals surface area (Å²) < 4.78 is 5.69. The van der Waals surface area contributed by atoms with Gasteiger partial charge in [-0.1, -0.05) is 36.8 Å². The van der Waals surface area contributed by atoms with Crippen molar-refractivity contribution in [2.45, 2.75) is 49.8 Å². The van der Waals surface area contributed by atoms with Gasteiger partial charge in [0, 0.05) is 18.5 Å². The van der Waals surface area contributed by atoms with Crippen LogP contribution in [0.5, 0.6) is 0 Å². The lowest BCUT2D eigenvalue weighted by atomic mass is 10.0. The van der Waals surface area contributed by atoms with Crippen LogP contribution in [0.1, 0.15) is 37.2 Å². The van der Waals surface area contributed by atoms with Gasteiger partial charge in [-0.3, -0.25) is 9.69 Å². The van der Waals surface area contributed by atoms with E-state index in [0.29, 0.717) is 23.9 Å². The van der Waals surface area contributed by atoms with Crippen molar-refractivity contribution in [3.05, 3.63) is 35.9 Å². The van der Waals surface area contributed by atoms with Gasteiger partial charge in [0.25, 0.3) is 0 Å². The summed E-state index contributed by atoms with van der Waals surface area (Å²) in [6.45, 7) is 0. The summed E-state index contributed by atoms with van der Waals surface area (Å²) in [7, 11) is 2.11. The van der Waals surface area contributed by atoms with Gasteiger partial charge >= 0.3 is 5.97 Å². The molecule has 2 saturated heterocycles. The topological polar surface area (TPSA) is 46.6 Å². The fraction of sp³-hybridized carbons (Fsp3) is 0.529. The number of fused-ring (bicyclic) bond motifs is 2. The van der Waals surface area contributed by atoms with E-state index in [4.69, 9.17) is 4.74 Å². The second kappa shape index (κ2) is 5.98. The molecule has 4 atom stereocenters. The fourth-order valence-corrected chi connectivity index (χ4v) is 3.68. The van der Waals surface area contributed by atoms with Crippen molar-refractivity contribution in [2.24, 2.45) is 0 Å². The van der Waals surface area contributed by atoms with E-state index < -0.39 is 11.9 Å². The molecule has 4 nitrogen and oxygen atoms in total. The van der Waals surface area contributed by atoms with Gasteiger partial charge in [-0.05, 0) is 25.5 Å². The number of aldehydes is 1. The second-order valence-electron chi connectivity index (χ2n) is 6.05. The Balaban J connectivity index is 1.70. The lowest BCUT2D eigenvalue weighted by molar-refractivity contribution is -0.152. The zero-order valence-electron chi connectivity index (χ0n) is 12.3. The molecule has 0 spiro atoms. The van der Waals surface area contributed by atoms with Crippen LogP contribution in [-0.2, 0) is 14.3 Å². The van der Waals surface area contributed by atoms with Crippen LogP contribution in [0.2, 0.25) is 0 Å². The highest BCUT2D eigenvalue weighted by Crippen LogP contribution is 2.36. The Morgan fingerprint density at radius 1 is 1.33 bits per heavy atom. The standard InChI is InChI=1S/C17H21NO3/c1-18-13-8-5-9-15(18)16(10-13)21-17(20)14(11-19)12-6-3-2-4-7-12/h2-4,6-7,11,13-16H,5,8-10H2,1H3. The summed E-state index contributed by atoms with van der Waals surface area (Å²) >= 11 is 0. The Kier molecular flexibility index (Phi) is 4.06. The van der Waals surface area contributed by atoms with Crippen molar-refractivity contribution >= 4 is 12.3 Å². The molecular formula is C17H21NO3. The van der Waals surface area contributed by atoms with Crippen molar-refractivity contribution in [1.82, 2.24) is 4.90 Å². The molecule has 0 radical (unpaired) electrons. The summed E-state index contributed by atoms with van der Waals surface area (Å²) in [6.07, 6.45) is 4.96. The zero-order valence-corrected chi connectivity index (χ0v) is 12.3. The predicted octanol–water partition coefficient (Wildman–Crippen LogP) is 2.14. The Morgan fingerprint density at radius 2 is 2.10 bits per heavy atom. The van der Waals surface area contributed by atoms with Gasteiger partial charge in [-0.25, -0.2) is 0 Å². The highest BCUT2D eigenvalue weighted by molar-refractivity contribution is 5.94. The van der Waals surface area contributed by atoms with Crippen LogP contribution in [0.25, 0.3) is 0 Å². The summed E-state index contributed by atoms with van der Waals surface area (Å²) in [5.74, 6) is -1.22. The normalized spacial score (nSPS) is 29.9. The minimum Gasteiger partial charge on any atom is -0.460 e. The Hall–Kier alpha value is -1.68. The van der Waals surface area contributed by atoms with E-state index >= 15 is 0 Å². The van der Waals surface area contributed by atoms with E-state index in [1.54, 1.807) is 12.1 Å². The first kappa shape index (κ1) is 14.3. The monoisotopic (exact) mass is 287 g/mol. The number of piperidine rings is 1. The number of benzene rings is 1. The average molecular weight is 287 g/mol. The third kappa shape index (κ3) is 2.72. The summed E-state index contributed by atoms with van der Waals surface area (Å²) in [5, 5.41) is 0. The molecule has 0 aromatic heterocycles. The van der Waals surface area contributed by atoms with Crippen molar-refractivity contribution in [3.63, 3.8) is 0 Å². The van der Waals surface area contributed by atoms with Crippen LogP contribution >= 0.6 is 0 Å². The largest absolute Gasteiger partial charge is 0.460 e. The smallest absolute Gasteiger partial charge is 0.321 e. The number of hydrogen-bond donors (Lipinski definition) is 0. The number of rotatable bonds is 4. The maximum Gasteiger partial charge on any atom is 0.321 e. The summed E-state index contributed by atoms with van der Waals surface area (Å²) in [4.78, 5) is 26.0. The maximum atomic E-state index is 12.4. The number of ether oxygens (including phenoxy) is 1. The van der Waals surface area contributed by atoms with E-state index in [1.165, 1.54) is 12.8 Å². The van der Waals surface area contributed by atoms with Crippen molar-refractivity contribution in [1.29, 1.82) is 0 Å². The summed E-state index contributed by atoms with van der Waals surface area (Å²) in [5.41, 5.74) is 0.701. The minimum absolute atomic E-state index is 0.0684. The number of likely N-dealkylation sites (N-methyl/N-ethyl adjacent to an activating group) is 1. The van der Waals surface area contributed by atoms with E-state index in [2.05, 4.69) is 11.9 Å². The maximum absolute atomic E-state index is 12.4. The van der Waals surface area contributed by atoms with Crippen LogP contribution < -0.4 is 0 Å². The molecule has 0 saturated carbocycles. The Labute approximate surface area is 125 Å². The number of carbonyl (C=O) groups excluding carboxylic acids is 2. The molecule has 4 heteroatoms. The number of hydrogen-bond acceptors (Lipinski definition) is 4. The molecule has 4 unspecified atom stereocenters. The van der Waals surface area contributed by atoms with E-state index in [-0.39, 0.29) is 6.10 Å². The van der Waals surface area contributed by atoms with Crippen molar-refractivity contribution < 1.29 is 14.3 Å². The highest BCUT2D eigenvalue weighted by atomic mass is 16.5. The van der Waals surface area contributed by atoms with Crippen LogP contribution in [0.4, 0.5) is 0 Å². The highest BCUT2D eigenvalue weighted by Gasteiger charge is 2.44. The molecule has 0 aliphatic carbocycles. The van der Waals surface area contributed by atoms with Crippen LogP contribution in [0.15, 0.2) is 30.3 Å². The van der Waals surface area contributed by atoms with Gasteiger partial charge in [0.1, 0.15) is 18.3 Å². The predicted molar refractivity (Wildman–Crippen MR) is 78.9 cm³/mol. The molecule has 2 heterocycles. The molecule has 0 N–H and O–H groups in total. The second-order valence-corrected chi connectivity index (χ2v) is 6.05. The first-order valence-electron chi connectivity index (χ1n) is 7.63. The third-order valence-corrected chi connectivity index (χ3v) is 4.89. The Bertz CT molecular complexity index is 516. The molecule has 2 aliphatic rings. The molecule has 0 amide bonds. The molecule has 3 rings (SSSR count). The van der Waals surface area contributed by atoms with Gasteiger partial charge in [0.2, 0.25) is 0 Å². The van der Waals surface area contributed by atoms with Gasteiger partial charge < -0.3 is 9.53 Å². The average Bonchev–Trinajstić information content (AvgIpc) is 2.67. The first-order chi connectivity index (χ1) is 10.2. The molecule has 2 aliphatic heterocycles. The summed E-state index contributed by atoms with van der Waals surface area (Å²) in [6, 6.07) is 9.94. The van der Waals surface area contributed by atoms with E-state index in [0.717, 1.165) is 12.8 Å². The van der Waals surface area contributed by atoms with Crippen LogP contribution in [0.3, 0.4) is 0 Å². The molecule has 2 fully saturated rings. The van der Waals surface area contributed by atoms with Crippen LogP contribution in [-0.4, -0.2) is 42.4 Å². The number of esters is 1. The first-order valence-corrected chi connectivity index (χ1v) is 7.63. The lowest BCUT2D eigenvalue weighted by Crippen LogP contribution is -2.40. The quantitative estimate of drug-likeness (QED) is 0.483. The molecular weight excluding hydrogens is 266 g/mol. The van der Waals surface area contributed by atoms with Crippen molar-refractivity contribution in [3.8, 4) is 0 Å². The van der Waals surface area contributed by atoms with Gasteiger partial charge in [-0.15, -0.1) is 0 Å². The molecule has 112 valence electrons. The molecule has 1 aromatic rings. The lowest BCUT2D eigenvalue weighted by Gasteiger charge is -2.31. The molecule has 1 aromatic carbocycles. The minimum atomic E-state index is -0.808. The van der Waals surface area contributed by atoms with Gasteiger partial charge in [0.15, 0.2) is 0 Å². The van der Waals surface area contributed by atoms with E-state index in [9.17, 15) is 9.59 Å². The Morgan fingerprint density at radius 3 is 2.76 bits per heavy atom. The van der Waals surface area contributed by atoms with Crippen molar-refractivity contribution in [2.75, 3.05) is 7.05 Å². The van der Waals surface area contributed by atoms with E-state index in [1.807, 2.05) is 18.2 Å². The SMILES string of the molecule is CN1C2CCCC1C(OC(=O)C(C=O)c1ccccc1)C2.